The average molecular weight is 322 g/mol. The first kappa shape index (κ1) is 14.5. The number of anilines is 1. The fourth-order valence-corrected chi connectivity index (χ4v) is 3.90. The second-order valence-electron chi connectivity index (χ2n) is 4.99. The van der Waals surface area contributed by atoms with Gasteiger partial charge in [0.15, 0.2) is 0 Å². The van der Waals surface area contributed by atoms with E-state index in [9.17, 15) is 13.2 Å². The molecule has 0 radical (unpaired) electrons. The second kappa shape index (κ2) is 5.06. The van der Waals surface area contributed by atoms with Crippen LogP contribution in [0.1, 0.15) is 17.4 Å². The molecule has 0 fully saturated rings. The minimum atomic E-state index is -3.86. The molecule has 0 bridgehead atoms. The van der Waals surface area contributed by atoms with E-state index in [-0.39, 0.29) is 23.2 Å². The van der Waals surface area contributed by atoms with Crippen LogP contribution in [0, 0.1) is 0 Å². The summed E-state index contributed by atoms with van der Waals surface area (Å²) >= 11 is 0. The van der Waals surface area contributed by atoms with Gasteiger partial charge in [-0.2, -0.15) is 0 Å². The Labute approximate surface area is 127 Å². The number of fused-ring (bicyclic) bond motifs is 1. The summed E-state index contributed by atoms with van der Waals surface area (Å²) in [5.41, 5.74) is 0.270. The molecule has 2 aromatic rings. The van der Waals surface area contributed by atoms with E-state index in [1.807, 2.05) is 0 Å². The molecule has 1 aliphatic heterocycles. The van der Waals surface area contributed by atoms with Gasteiger partial charge in [0.2, 0.25) is 0 Å². The Hall–Kier alpha value is -2.48. The van der Waals surface area contributed by atoms with Crippen molar-refractivity contribution in [3.05, 3.63) is 42.2 Å². The van der Waals surface area contributed by atoms with Crippen molar-refractivity contribution < 1.29 is 23.1 Å². The lowest BCUT2D eigenvalue weighted by Gasteiger charge is -2.33. The van der Waals surface area contributed by atoms with Gasteiger partial charge < -0.3 is 14.8 Å². The van der Waals surface area contributed by atoms with Crippen LogP contribution in [0.5, 0.6) is 5.75 Å². The van der Waals surface area contributed by atoms with Gasteiger partial charge in [-0.15, -0.1) is 0 Å². The van der Waals surface area contributed by atoms with Crippen LogP contribution in [0.3, 0.4) is 0 Å². The summed E-state index contributed by atoms with van der Waals surface area (Å²) in [5.74, 6) is -0.726. The second-order valence-corrected chi connectivity index (χ2v) is 6.85. The minimum absolute atomic E-state index is 0.0891. The lowest BCUT2D eigenvalue weighted by atomic mass is 10.2. The zero-order chi connectivity index (χ0) is 15.9. The molecule has 116 valence electrons. The highest BCUT2D eigenvalue weighted by Crippen LogP contribution is 2.36. The monoisotopic (exact) mass is 322 g/mol. The summed E-state index contributed by atoms with van der Waals surface area (Å²) < 4.78 is 32.4. The van der Waals surface area contributed by atoms with Crippen LogP contribution in [0.4, 0.5) is 5.69 Å². The highest BCUT2D eigenvalue weighted by atomic mass is 32.2. The molecule has 7 nitrogen and oxygen atoms in total. The molecular formula is C14H14N2O5S. The molecule has 1 aromatic carbocycles. The molecule has 1 aliphatic rings. The molecule has 22 heavy (non-hydrogen) atoms. The number of aromatic nitrogens is 1. The van der Waals surface area contributed by atoms with Crippen LogP contribution < -0.4 is 9.04 Å². The van der Waals surface area contributed by atoms with Crippen molar-refractivity contribution in [3.63, 3.8) is 0 Å². The van der Waals surface area contributed by atoms with Crippen molar-refractivity contribution in [1.82, 2.24) is 4.98 Å². The van der Waals surface area contributed by atoms with E-state index < -0.39 is 16.0 Å². The van der Waals surface area contributed by atoms with Crippen molar-refractivity contribution in [2.45, 2.75) is 17.9 Å². The number of carbonyl (C=O) groups is 1. The summed E-state index contributed by atoms with van der Waals surface area (Å²) in [5, 5.41) is 8.91. The molecule has 8 heteroatoms. The van der Waals surface area contributed by atoms with Crippen LogP contribution >= 0.6 is 0 Å². The largest absolute Gasteiger partial charge is 0.487 e. The summed E-state index contributed by atoms with van der Waals surface area (Å²) in [6.45, 7) is 1.94. The smallest absolute Gasteiger partial charge is 0.352 e. The fourth-order valence-electron chi connectivity index (χ4n) is 2.35. The van der Waals surface area contributed by atoms with Crippen molar-refractivity contribution in [1.29, 1.82) is 0 Å². The van der Waals surface area contributed by atoms with Crippen LogP contribution in [0.15, 0.2) is 41.4 Å². The Balaban J connectivity index is 2.07. The number of H-pyrrole nitrogens is 1. The molecular weight excluding hydrogens is 308 g/mol. The van der Waals surface area contributed by atoms with E-state index in [2.05, 4.69) is 4.98 Å². The maximum atomic E-state index is 12.8. The molecule has 0 unspecified atom stereocenters. The standard InChI is InChI=1S/C14H14N2O5S/c1-9-8-16(12-4-2-3-5-13(12)21-9)22(19,20)10-6-11(14(17)18)15-7-10/h2-7,9,15H,8H2,1H3,(H,17,18)/t9-/m0/s1. The Morgan fingerprint density at radius 3 is 2.82 bits per heavy atom. The molecule has 3 rings (SSSR count). The number of carboxylic acid groups (broad SMARTS) is 1. The quantitative estimate of drug-likeness (QED) is 0.896. The summed E-state index contributed by atoms with van der Waals surface area (Å²) in [4.78, 5) is 13.3. The first-order valence-electron chi connectivity index (χ1n) is 6.60. The van der Waals surface area contributed by atoms with E-state index in [1.165, 1.54) is 10.5 Å². The first-order chi connectivity index (χ1) is 10.4. The zero-order valence-corrected chi connectivity index (χ0v) is 12.5. The maximum absolute atomic E-state index is 12.8. The fraction of sp³-hybridized carbons (Fsp3) is 0.214. The summed E-state index contributed by atoms with van der Waals surface area (Å²) in [6.07, 6.45) is 0.879. The number of hydrogen-bond acceptors (Lipinski definition) is 4. The van der Waals surface area contributed by atoms with Gasteiger partial charge in [0.05, 0.1) is 12.2 Å². The van der Waals surface area contributed by atoms with Crippen LogP contribution in [0.25, 0.3) is 0 Å². The van der Waals surface area contributed by atoms with Gasteiger partial charge in [0.25, 0.3) is 10.0 Å². The number of nitrogens with one attached hydrogen (secondary N) is 1. The van der Waals surface area contributed by atoms with E-state index in [0.29, 0.717) is 11.4 Å². The number of sulfonamides is 1. The number of benzene rings is 1. The van der Waals surface area contributed by atoms with Crippen LogP contribution in [0.2, 0.25) is 0 Å². The minimum Gasteiger partial charge on any atom is -0.487 e. The van der Waals surface area contributed by atoms with E-state index in [1.54, 1.807) is 31.2 Å². The third-order valence-corrected chi connectivity index (χ3v) is 5.12. The molecule has 0 saturated carbocycles. The molecule has 0 amide bonds. The lowest BCUT2D eigenvalue weighted by molar-refractivity contribution is 0.0691. The number of para-hydroxylation sites is 2. The van der Waals surface area contributed by atoms with Crippen molar-refractivity contribution in [2.75, 3.05) is 10.8 Å². The Morgan fingerprint density at radius 2 is 2.14 bits per heavy atom. The maximum Gasteiger partial charge on any atom is 0.352 e. The average Bonchev–Trinajstić information content (AvgIpc) is 2.97. The van der Waals surface area contributed by atoms with Gasteiger partial charge >= 0.3 is 5.97 Å². The topological polar surface area (TPSA) is 99.7 Å². The normalized spacial score (nSPS) is 17.7. The molecule has 0 spiro atoms. The molecule has 0 saturated heterocycles. The van der Waals surface area contributed by atoms with Crippen LogP contribution in [-0.2, 0) is 10.0 Å². The SMILES string of the molecule is C[C@H]1CN(S(=O)(=O)c2c[nH]c(C(=O)O)c2)c2ccccc2O1. The van der Waals surface area contributed by atoms with E-state index >= 15 is 0 Å². The Bertz CT molecular complexity index is 827. The lowest BCUT2D eigenvalue weighted by Crippen LogP contribution is -2.42. The van der Waals surface area contributed by atoms with Gasteiger partial charge in [0.1, 0.15) is 22.4 Å². The van der Waals surface area contributed by atoms with Gasteiger partial charge in [-0.3, -0.25) is 4.31 Å². The number of aromatic carboxylic acids is 1. The number of nitrogens with zero attached hydrogens (tertiary/aromatic N) is 1. The third kappa shape index (κ3) is 2.31. The highest BCUT2D eigenvalue weighted by molar-refractivity contribution is 7.92. The number of rotatable bonds is 3. The number of hydrogen-bond donors (Lipinski definition) is 2. The van der Waals surface area contributed by atoms with Crippen molar-refractivity contribution >= 4 is 21.7 Å². The molecule has 1 atom stereocenters. The predicted molar refractivity (Wildman–Crippen MR) is 78.8 cm³/mol. The zero-order valence-electron chi connectivity index (χ0n) is 11.7. The van der Waals surface area contributed by atoms with E-state index in [4.69, 9.17) is 9.84 Å². The predicted octanol–water partition coefficient (Wildman–Crippen LogP) is 1.69. The van der Waals surface area contributed by atoms with E-state index in [0.717, 1.165) is 6.07 Å². The summed E-state index contributed by atoms with van der Waals surface area (Å²) in [7, 11) is -3.86. The van der Waals surface area contributed by atoms with Gasteiger partial charge in [-0.05, 0) is 25.1 Å². The third-order valence-electron chi connectivity index (χ3n) is 3.36. The number of carboxylic acids is 1. The van der Waals surface area contributed by atoms with Gasteiger partial charge in [-0.1, -0.05) is 12.1 Å². The van der Waals surface area contributed by atoms with Gasteiger partial charge in [-0.25, -0.2) is 13.2 Å². The first-order valence-corrected chi connectivity index (χ1v) is 8.04. The van der Waals surface area contributed by atoms with Gasteiger partial charge in [0, 0.05) is 6.20 Å². The number of aromatic amines is 1. The van der Waals surface area contributed by atoms with Crippen molar-refractivity contribution in [3.8, 4) is 5.75 Å². The molecule has 1 aromatic heterocycles. The summed E-state index contributed by atoms with van der Waals surface area (Å²) in [6, 6.07) is 7.96. The van der Waals surface area contributed by atoms with Crippen molar-refractivity contribution in [2.24, 2.45) is 0 Å². The Morgan fingerprint density at radius 1 is 1.41 bits per heavy atom. The number of ether oxygens (including phenoxy) is 1. The molecule has 2 N–H and O–H groups in total. The highest BCUT2D eigenvalue weighted by Gasteiger charge is 2.33. The van der Waals surface area contributed by atoms with Crippen LogP contribution in [-0.4, -0.2) is 37.1 Å². The molecule has 0 aliphatic carbocycles. The molecule has 2 heterocycles. The Kier molecular flexibility index (Phi) is 3.32.